The quantitative estimate of drug-likeness (QED) is 0.856. The van der Waals surface area contributed by atoms with E-state index in [1.54, 1.807) is 16.2 Å². The molecule has 0 unspecified atom stereocenters. The zero-order valence-electron chi connectivity index (χ0n) is 11.8. The van der Waals surface area contributed by atoms with Crippen LogP contribution in [-0.2, 0) is 11.3 Å². The minimum atomic E-state index is 0.0893. The third kappa shape index (κ3) is 3.31. The number of nitrogens with zero attached hydrogens (tertiary/aromatic N) is 3. The summed E-state index contributed by atoms with van der Waals surface area (Å²) in [5, 5.41) is 9.79. The number of amides is 1. The molecule has 1 amide bonds. The third-order valence-corrected chi connectivity index (χ3v) is 4.96. The van der Waals surface area contributed by atoms with Crippen molar-refractivity contribution in [2.45, 2.75) is 19.4 Å². The lowest BCUT2D eigenvalue weighted by atomic mass is 10.2. The molecule has 0 spiro atoms. The normalized spacial score (nSPS) is 15.0. The molecule has 3 heterocycles. The minimum Gasteiger partial charge on any atom is -0.337 e. The fourth-order valence-electron chi connectivity index (χ4n) is 2.40. The van der Waals surface area contributed by atoms with E-state index in [9.17, 15) is 4.79 Å². The Morgan fingerprint density at radius 1 is 1.55 bits per heavy atom. The first kappa shape index (κ1) is 15.5. The number of carbonyl (C=O) groups excluding carboxylic acids is 1. The van der Waals surface area contributed by atoms with Crippen LogP contribution < -0.4 is 0 Å². The molecule has 1 aliphatic rings. The maximum atomic E-state index is 12.3. The largest absolute Gasteiger partial charge is 0.337 e. The number of thiophene rings is 1. The predicted molar refractivity (Wildman–Crippen MR) is 90.5 cm³/mol. The second kappa shape index (κ2) is 6.76. The summed E-state index contributed by atoms with van der Waals surface area (Å²) in [6.07, 6.45) is 3.17. The van der Waals surface area contributed by atoms with Crippen molar-refractivity contribution in [2.75, 3.05) is 13.1 Å². The summed E-state index contributed by atoms with van der Waals surface area (Å²) in [6, 6.07) is 3.96. The summed E-state index contributed by atoms with van der Waals surface area (Å²) in [4.78, 5) is 15.1. The van der Waals surface area contributed by atoms with Gasteiger partial charge in [0.05, 0.1) is 11.4 Å². The Hall–Kier alpha value is -1.44. The average molecular weight is 355 g/mol. The van der Waals surface area contributed by atoms with Gasteiger partial charge in [0.2, 0.25) is 5.91 Å². The van der Waals surface area contributed by atoms with Gasteiger partial charge in [-0.15, -0.1) is 11.3 Å². The van der Waals surface area contributed by atoms with Crippen LogP contribution >= 0.6 is 35.2 Å². The zero-order valence-corrected chi connectivity index (χ0v) is 14.2. The Morgan fingerprint density at radius 2 is 2.41 bits per heavy atom. The van der Waals surface area contributed by atoms with Crippen LogP contribution in [0.15, 0.2) is 28.6 Å². The van der Waals surface area contributed by atoms with Gasteiger partial charge in [0.15, 0.2) is 10.6 Å². The Labute approximate surface area is 142 Å². The molecule has 2 aromatic rings. The number of hydrogen-bond acceptors (Lipinski definition) is 4. The van der Waals surface area contributed by atoms with E-state index >= 15 is 0 Å². The predicted octanol–water partition coefficient (Wildman–Crippen LogP) is 3.41. The number of aromatic nitrogens is 3. The SMILES string of the molecule is O=C(CCn1c(-c2cccs2)n[nH]c1=S)N1CCC=C(Cl)C1. The number of carbonyl (C=O) groups is 1. The van der Waals surface area contributed by atoms with Gasteiger partial charge < -0.3 is 4.90 Å². The summed E-state index contributed by atoms with van der Waals surface area (Å²) in [6.45, 7) is 1.75. The molecular formula is C14H15ClN4OS2. The van der Waals surface area contributed by atoms with Crippen molar-refractivity contribution in [1.82, 2.24) is 19.7 Å². The second-order valence-electron chi connectivity index (χ2n) is 4.99. The molecule has 3 rings (SSSR count). The van der Waals surface area contributed by atoms with Crippen molar-refractivity contribution in [3.05, 3.63) is 33.4 Å². The Bertz CT molecular complexity index is 747. The van der Waals surface area contributed by atoms with E-state index in [4.69, 9.17) is 23.8 Å². The standard InChI is InChI=1S/C14H15ClN4OS2/c15-10-3-1-6-18(9-10)12(20)5-7-19-13(16-17-14(19)21)11-4-2-8-22-11/h2-4,8H,1,5-7,9H2,(H,17,21). The van der Waals surface area contributed by atoms with Gasteiger partial charge in [0.25, 0.3) is 0 Å². The van der Waals surface area contributed by atoms with Gasteiger partial charge in [-0.1, -0.05) is 23.7 Å². The van der Waals surface area contributed by atoms with Crippen LogP contribution in [0, 0.1) is 4.77 Å². The summed E-state index contributed by atoms with van der Waals surface area (Å²) in [5.41, 5.74) is 0. The van der Waals surface area contributed by atoms with Gasteiger partial charge in [-0.25, -0.2) is 0 Å². The topological polar surface area (TPSA) is 53.9 Å². The summed E-state index contributed by atoms with van der Waals surface area (Å²) in [7, 11) is 0. The maximum absolute atomic E-state index is 12.3. The van der Waals surface area contributed by atoms with Gasteiger partial charge in [0.1, 0.15) is 0 Å². The molecule has 22 heavy (non-hydrogen) atoms. The number of rotatable bonds is 4. The lowest BCUT2D eigenvalue weighted by Gasteiger charge is -2.25. The van der Waals surface area contributed by atoms with Crippen LogP contribution in [0.4, 0.5) is 0 Å². The highest BCUT2D eigenvalue weighted by atomic mass is 35.5. The van der Waals surface area contributed by atoms with Gasteiger partial charge in [-0.05, 0) is 30.1 Å². The average Bonchev–Trinajstić information content (AvgIpc) is 3.14. The molecule has 0 bridgehead atoms. The number of nitrogens with one attached hydrogen (secondary N) is 1. The van der Waals surface area contributed by atoms with Crippen molar-refractivity contribution in [2.24, 2.45) is 0 Å². The first-order chi connectivity index (χ1) is 10.6. The number of H-pyrrole nitrogens is 1. The van der Waals surface area contributed by atoms with Crippen LogP contribution in [0.3, 0.4) is 0 Å². The summed E-state index contributed by atoms with van der Waals surface area (Å²) >= 11 is 12.9. The van der Waals surface area contributed by atoms with Gasteiger partial charge in [-0.2, -0.15) is 5.10 Å². The number of hydrogen-bond donors (Lipinski definition) is 1. The van der Waals surface area contributed by atoms with Crippen molar-refractivity contribution in [1.29, 1.82) is 0 Å². The smallest absolute Gasteiger partial charge is 0.224 e. The molecule has 8 heteroatoms. The van der Waals surface area contributed by atoms with Crippen molar-refractivity contribution < 1.29 is 4.79 Å². The Morgan fingerprint density at radius 3 is 3.14 bits per heavy atom. The van der Waals surface area contributed by atoms with Crippen molar-refractivity contribution >= 4 is 41.1 Å². The zero-order chi connectivity index (χ0) is 15.5. The molecule has 0 saturated heterocycles. The van der Waals surface area contributed by atoms with Crippen LogP contribution in [0.1, 0.15) is 12.8 Å². The molecule has 0 aromatic carbocycles. The number of halogens is 1. The highest BCUT2D eigenvalue weighted by molar-refractivity contribution is 7.71. The van der Waals surface area contributed by atoms with E-state index in [-0.39, 0.29) is 5.91 Å². The minimum absolute atomic E-state index is 0.0893. The molecule has 0 saturated carbocycles. The van der Waals surface area contributed by atoms with E-state index in [0.717, 1.165) is 28.7 Å². The maximum Gasteiger partial charge on any atom is 0.224 e. The molecule has 1 aliphatic heterocycles. The molecule has 0 radical (unpaired) electrons. The van der Waals surface area contributed by atoms with Crippen molar-refractivity contribution in [3.8, 4) is 10.7 Å². The summed E-state index contributed by atoms with van der Waals surface area (Å²) in [5.74, 6) is 0.871. The van der Waals surface area contributed by atoms with E-state index in [1.165, 1.54) is 0 Å². The van der Waals surface area contributed by atoms with Gasteiger partial charge in [0, 0.05) is 24.5 Å². The van der Waals surface area contributed by atoms with E-state index in [1.807, 2.05) is 28.2 Å². The third-order valence-electron chi connectivity index (χ3n) is 3.51. The molecule has 5 nitrogen and oxygen atoms in total. The molecule has 2 aromatic heterocycles. The molecule has 116 valence electrons. The first-order valence-electron chi connectivity index (χ1n) is 6.96. The van der Waals surface area contributed by atoms with E-state index in [0.29, 0.717) is 24.3 Å². The fraction of sp³-hybridized carbons (Fsp3) is 0.357. The lowest BCUT2D eigenvalue weighted by molar-refractivity contribution is -0.131. The van der Waals surface area contributed by atoms with E-state index < -0.39 is 0 Å². The van der Waals surface area contributed by atoms with Crippen molar-refractivity contribution in [3.63, 3.8) is 0 Å². The van der Waals surface area contributed by atoms with Crippen LogP contribution in [0.2, 0.25) is 0 Å². The summed E-state index contributed by atoms with van der Waals surface area (Å²) < 4.78 is 2.41. The van der Waals surface area contributed by atoms with Crippen LogP contribution in [-0.4, -0.2) is 38.7 Å². The van der Waals surface area contributed by atoms with E-state index in [2.05, 4.69) is 10.2 Å². The highest BCUT2D eigenvalue weighted by Crippen LogP contribution is 2.23. The first-order valence-corrected chi connectivity index (χ1v) is 8.63. The fourth-order valence-corrected chi connectivity index (χ4v) is 3.60. The number of aromatic amines is 1. The molecule has 0 fully saturated rings. The van der Waals surface area contributed by atoms with Crippen LogP contribution in [0.25, 0.3) is 10.7 Å². The second-order valence-corrected chi connectivity index (χ2v) is 6.81. The molecule has 0 atom stereocenters. The highest BCUT2D eigenvalue weighted by Gasteiger charge is 2.18. The monoisotopic (exact) mass is 354 g/mol. The molecule has 0 aliphatic carbocycles. The van der Waals surface area contributed by atoms with Gasteiger partial charge in [-0.3, -0.25) is 14.5 Å². The Kier molecular flexibility index (Phi) is 4.75. The molecular weight excluding hydrogens is 340 g/mol. The van der Waals surface area contributed by atoms with Gasteiger partial charge >= 0.3 is 0 Å². The lowest BCUT2D eigenvalue weighted by Crippen LogP contribution is -2.35. The Balaban J connectivity index is 1.69. The molecule has 1 N–H and O–H groups in total. The van der Waals surface area contributed by atoms with Crippen LogP contribution in [0.5, 0.6) is 0 Å².